The van der Waals surface area contributed by atoms with Crippen LogP contribution in [0.3, 0.4) is 0 Å². The van der Waals surface area contributed by atoms with Crippen LogP contribution in [0, 0.1) is 6.92 Å². The molecule has 0 atom stereocenters. The molecule has 19 heavy (non-hydrogen) atoms. The fourth-order valence-electron chi connectivity index (χ4n) is 1.61. The van der Waals surface area contributed by atoms with Crippen LogP contribution in [-0.4, -0.2) is 25.2 Å². The molecule has 0 fully saturated rings. The van der Waals surface area contributed by atoms with Crippen molar-refractivity contribution in [1.29, 1.82) is 0 Å². The fraction of sp³-hybridized carbons (Fsp3) is 0.214. The van der Waals surface area contributed by atoms with Gasteiger partial charge in [0.1, 0.15) is 11.4 Å². The van der Waals surface area contributed by atoms with Gasteiger partial charge in [0.2, 0.25) is 0 Å². The molecule has 0 aliphatic heterocycles. The summed E-state index contributed by atoms with van der Waals surface area (Å²) < 4.78 is 5.87. The minimum absolute atomic E-state index is 0. The highest BCUT2D eigenvalue weighted by molar-refractivity contribution is 6.49. The minimum Gasteiger partial charge on any atom is -0.541 e. The number of aliphatic imine (C=N–C) groups is 1. The van der Waals surface area contributed by atoms with Crippen molar-refractivity contribution in [2.75, 3.05) is 0 Å². The van der Waals surface area contributed by atoms with Crippen molar-refractivity contribution in [3.05, 3.63) is 48.0 Å². The molecule has 0 aliphatic rings. The zero-order valence-corrected chi connectivity index (χ0v) is 12.3. The maximum Gasteiger partial charge on any atom is 1.00 e. The first kappa shape index (κ1) is 13.4. The molecule has 0 saturated heterocycles. The van der Waals surface area contributed by atoms with Crippen LogP contribution in [-0.2, 0) is 0 Å². The lowest BCUT2D eigenvalue weighted by Crippen LogP contribution is -2.11. The van der Waals surface area contributed by atoms with Crippen molar-refractivity contribution in [3.8, 4) is 5.75 Å². The third kappa shape index (κ3) is 3.72. The van der Waals surface area contributed by atoms with Gasteiger partial charge < -0.3 is 4.43 Å². The SMILES string of the molecule is Cc1cccc(O[Si](C)C)c1N=Cc1cnccn1.[H+]. The van der Waals surface area contributed by atoms with Gasteiger partial charge in [0.15, 0.2) is 0 Å². The van der Waals surface area contributed by atoms with Gasteiger partial charge in [0.25, 0.3) is 9.04 Å². The normalized spacial score (nSPS) is 11.2. The molecule has 1 radical (unpaired) electrons. The van der Waals surface area contributed by atoms with Gasteiger partial charge >= 0.3 is 1.43 Å². The zero-order valence-electron chi connectivity index (χ0n) is 12.3. The molecule has 2 rings (SSSR count). The van der Waals surface area contributed by atoms with Crippen molar-refractivity contribution in [2.24, 2.45) is 4.99 Å². The highest BCUT2D eigenvalue weighted by Gasteiger charge is 2.08. The van der Waals surface area contributed by atoms with E-state index in [1.54, 1.807) is 24.8 Å². The van der Waals surface area contributed by atoms with Crippen molar-refractivity contribution >= 4 is 20.9 Å². The quantitative estimate of drug-likeness (QED) is 0.633. The Balaban J connectivity index is 0.00000200. The molecular weight excluding hydrogens is 254 g/mol. The van der Waals surface area contributed by atoms with Crippen LogP contribution in [0.25, 0.3) is 0 Å². The Morgan fingerprint density at radius 3 is 2.84 bits per heavy atom. The average Bonchev–Trinajstić information content (AvgIpc) is 2.38. The van der Waals surface area contributed by atoms with E-state index in [2.05, 4.69) is 28.1 Å². The van der Waals surface area contributed by atoms with E-state index < -0.39 is 9.04 Å². The summed E-state index contributed by atoms with van der Waals surface area (Å²) in [4.78, 5) is 12.7. The van der Waals surface area contributed by atoms with Gasteiger partial charge in [-0.3, -0.25) is 15.0 Å². The molecule has 2 aromatic rings. The number of aryl methyl sites for hydroxylation is 1. The second-order valence-corrected chi connectivity index (χ2v) is 6.34. The summed E-state index contributed by atoms with van der Waals surface area (Å²) in [5, 5.41) is 0. The fourth-order valence-corrected chi connectivity index (χ4v) is 2.21. The minimum atomic E-state index is -0.809. The van der Waals surface area contributed by atoms with Crippen molar-refractivity contribution < 1.29 is 5.85 Å². The summed E-state index contributed by atoms with van der Waals surface area (Å²) in [7, 11) is -0.809. The number of hydrogen-bond acceptors (Lipinski definition) is 4. The molecule has 0 N–H and O–H groups in total. The van der Waals surface area contributed by atoms with E-state index in [4.69, 9.17) is 4.43 Å². The lowest BCUT2D eigenvalue weighted by atomic mass is 10.2. The number of nitrogens with zero attached hydrogens (tertiary/aromatic N) is 3. The maximum absolute atomic E-state index is 5.87. The van der Waals surface area contributed by atoms with Crippen LogP contribution in [0.4, 0.5) is 5.69 Å². The van der Waals surface area contributed by atoms with E-state index in [0.29, 0.717) is 0 Å². The van der Waals surface area contributed by atoms with Gasteiger partial charge in [-0.15, -0.1) is 0 Å². The van der Waals surface area contributed by atoms with Crippen molar-refractivity contribution in [2.45, 2.75) is 20.0 Å². The summed E-state index contributed by atoms with van der Waals surface area (Å²) in [5.41, 5.74) is 2.68. The molecule has 97 valence electrons. The van der Waals surface area contributed by atoms with Gasteiger partial charge in [-0.2, -0.15) is 0 Å². The molecule has 1 aromatic carbocycles. The summed E-state index contributed by atoms with van der Waals surface area (Å²) >= 11 is 0. The number of hydrogen-bond donors (Lipinski definition) is 0. The number of benzene rings is 1. The zero-order chi connectivity index (χ0) is 13.7. The third-order valence-corrected chi connectivity index (χ3v) is 3.05. The van der Waals surface area contributed by atoms with Gasteiger partial charge in [0.05, 0.1) is 18.1 Å². The Hall–Kier alpha value is -2.01. The monoisotopic (exact) mass is 271 g/mol. The molecular formula is C14H17N3OSi+. The Morgan fingerprint density at radius 1 is 1.32 bits per heavy atom. The first-order chi connectivity index (χ1) is 9.16. The highest BCUT2D eigenvalue weighted by Crippen LogP contribution is 2.31. The molecule has 0 spiro atoms. The molecule has 0 aliphatic carbocycles. The van der Waals surface area contributed by atoms with Crippen LogP contribution >= 0.6 is 0 Å². The van der Waals surface area contributed by atoms with Crippen molar-refractivity contribution in [3.63, 3.8) is 0 Å². The Kier molecular flexibility index (Phi) is 4.41. The van der Waals surface area contributed by atoms with E-state index in [1.165, 1.54) is 0 Å². The first-order valence-corrected chi connectivity index (χ1v) is 8.45. The summed E-state index contributed by atoms with van der Waals surface area (Å²) in [6, 6.07) is 5.96. The molecule has 1 aromatic heterocycles. The number of rotatable bonds is 4. The van der Waals surface area contributed by atoms with E-state index in [9.17, 15) is 0 Å². The van der Waals surface area contributed by atoms with E-state index in [1.807, 2.05) is 25.1 Å². The third-order valence-electron chi connectivity index (χ3n) is 2.42. The topological polar surface area (TPSA) is 47.4 Å². The lowest BCUT2D eigenvalue weighted by molar-refractivity contribution is 0.581. The Bertz CT molecular complexity index is 576. The summed E-state index contributed by atoms with van der Waals surface area (Å²) in [6.07, 6.45) is 6.68. The Morgan fingerprint density at radius 2 is 2.16 bits per heavy atom. The molecule has 0 saturated carbocycles. The molecule has 1 heterocycles. The van der Waals surface area contributed by atoms with Crippen LogP contribution in [0.5, 0.6) is 5.75 Å². The summed E-state index contributed by atoms with van der Waals surface area (Å²) in [5.74, 6) is 0.832. The first-order valence-electron chi connectivity index (χ1n) is 6.04. The molecule has 0 unspecified atom stereocenters. The second-order valence-electron chi connectivity index (χ2n) is 4.32. The molecule has 5 heteroatoms. The van der Waals surface area contributed by atoms with E-state index >= 15 is 0 Å². The predicted molar refractivity (Wildman–Crippen MR) is 79.7 cm³/mol. The van der Waals surface area contributed by atoms with Gasteiger partial charge in [-0.1, -0.05) is 12.1 Å². The number of aromatic nitrogens is 2. The standard InChI is InChI=1S/C14H16N3OSi/c1-11-5-4-6-13(18-19(2)3)14(11)17-10-12-9-15-7-8-16-12/h4-10H,1-3H3/p+1. The predicted octanol–water partition coefficient (Wildman–Crippen LogP) is 3.28. The van der Waals surface area contributed by atoms with Crippen LogP contribution < -0.4 is 4.43 Å². The summed E-state index contributed by atoms with van der Waals surface area (Å²) in [6.45, 7) is 6.22. The maximum atomic E-state index is 5.87. The number of para-hydroxylation sites is 1. The lowest BCUT2D eigenvalue weighted by Gasteiger charge is -2.12. The molecule has 0 amide bonds. The largest absolute Gasteiger partial charge is 1.00 e. The average molecular weight is 271 g/mol. The smallest absolute Gasteiger partial charge is 0.541 e. The van der Waals surface area contributed by atoms with Gasteiger partial charge in [-0.05, 0) is 31.6 Å². The van der Waals surface area contributed by atoms with Crippen LogP contribution in [0.1, 0.15) is 12.7 Å². The molecule has 4 nitrogen and oxygen atoms in total. The van der Waals surface area contributed by atoms with Gasteiger partial charge in [-0.25, -0.2) is 0 Å². The Labute approximate surface area is 116 Å². The van der Waals surface area contributed by atoms with Gasteiger partial charge in [0, 0.05) is 12.4 Å². The molecule has 0 bridgehead atoms. The van der Waals surface area contributed by atoms with E-state index in [0.717, 1.165) is 22.7 Å². The van der Waals surface area contributed by atoms with Crippen molar-refractivity contribution in [1.82, 2.24) is 9.97 Å². The highest BCUT2D eigenvalue weighted by atomic mass is 28.3. The second kappa shape index (κ2) is 6.24. The van der Waals surface area contributed by atoms with Crippen LogP contribution in [0.2, 0.25) is 13.1 Å². The van der Waals surface area contributed by atoms with Crippen LogP contribution in [0.15, 0.2) is 41.8 Å². The van der Waals surface area contributed by atoms with E-state index in [-0.39, 0.29) is 1.43 Å².